The molecule has 19 heteroatoms. The third kappa shape index (κ3) is 5.30. The van der Waals surface area contributed by atoms with Crippen LogP contribution in [0.25, 0.3) is 0 Å². The molecule has 0 fully saturated rings. The summed E-state index contributed by atoms with van der Waals surface area (Å²) in [7, 11) is 0. The van der Waals surface area contributed by atoms with E-state index in [2.05, 4.69) is 0 Å². The first kappa shape index (κ1) is 34.8. The van der Waals surface area contributed by atoms with Gasteiger partial charge >= 0.3 is 47.6 Å². The van der Waals surface area contributed by atoms with Crippen molar-refractivity contribution in [3.8, 4) is 0 Å². The number of aliphatic hydroxyl groups excluding tert-OH is 1. The molecule has 1 aromatic rings. The van der Waals surface area contributed by atoms with Crippen molar-refractivity contribution in [2.45, 2.75) is 74.0 Å². The fraction of sp³-hybridized carbons (Fsp3) is 0.700. The van der Waals surface area contributed by atoms with Gasteiger partial charge in [0.25, 0.3) is 0 Å². The number of halogens is 17. The van der Waals surface area contributed by atoms with Gasteiger partial charge in [0.05, 0.1) is 6.10 Å². The summed E-state index contributed by atoms with van der Waals surface area (Å²) in [6.07, 6.45) is -13.6. The van der Waals surface area contributed by atoms with E-state index >= 15 is 0 Å². The van der Waals surface area contributed by atoms with Crippen molar-refractivity contribution >= 4 is 5.69 Å². The van der Waals surface area contributed by atoms with Crippen LogP contribution in [0.1, 0.15) is 31.9 Å². The summed E-state index contributed by atoms with van der Waals surface area (Å²) in [6.45, 7) is 4.14. The van der Waals surface area contributed by atoms with Crippen LogP contribution in [-0.4, -0.2) is 65.8 Å². The highest BCUT2D eigenvalue weighted by molar-refractivity contribution is 5.47. The molecule has 1 unspecified atom stereocenters. The van der Waals surface area contributed by atoms with Gasteiger partial charge in [0.1, 0.15) is 0 Å². The standard InChI is InChI=1S/C20H18F17NO/c1-3-38(4-2)11-7-5-10(6-8-11)12(39)9-13(21,22)14(23,24)15(25,26)16(27,28)17(29,30)18(31,32)19(33,34)20(35,36)37/h5-8,12,39H,3-4,9H2,1-2H3. The quantitative estimate of drug-likeness (QED) is 0.243. The average molecular weight is 611 g/mol. The highest BCUT2D eigenvalue weighted by atomic mass is 19.4. The number of hydrogen-bond acceptors (Lipinski definition) is 2. The molecular weight excluding hydrogens is 593 g/mol. The summed E-state index contributed by atoms with van der Waals surface area (Å²) in [5.74, 6) is -56.9. The summed E-state index contributed by atoms with van der Waals surface area (Å²) in [6, 6.07) is 3.84. The number of benzene rings is 1. The Labute approximate surface area is 208 Å². The molecule has 39 heavy (non-hydrogen) atoms. The minimum Gasteiger partial charge on any atom is -0.388 e. The predicted molar refractivity (Wildman–Crippen MR) is 100 cm³/mol. The fourth-order valence-corrected chi connectivity index (χ4v) is 3.18. The molecule has 1 rings (SSSR count). The molecule has 0 amide bonds. The maximum absolute atomic E-state index is 14.1. The van der Waals surface area contributed by atoms with Crippen LogP contribution in [0, 0.1) is 0 Å². The minimum absolute atomic E-state index is 0.373. The van der Waals surface area contributed by atoms with Gasteiger partial charge in [0, 0.05) is 25.2 Å². The normalized spacial score (nSPS) is 15.9. The van der Waals surface area contributed by atoms with Gasteiger partial charge < -0.3 is 10.0 Å². The summed E-state index contributed by atoms with van der Waals surface area (Å²) in [4.78, 5) is 1.64. The predicted octanol–water partition coefficient (Wildman–Crippen LogP) is 7.97. The van der Waals surface area contributed by atoms with Gasteiger partial charge in [-0.25, -0.2) is 0 Å². The van der Waals surface area contributed by atoms with Gasteiger partial charge in [0.15, 0.2) is 0 Å². The third-order valence-corrected chi connectivity index (χ3v) is 5.64. The Kier molecular flexibility index (Phi) is 9.21. The van der Waals surface area contributed by atoms with E-state index in [-0.39, 0.29) is 0 Å². The van der Waals surface area contributed by atoms with Crippen LogP contribution >= 0.6 is 0 Å². The second-order valence-corrected chi connectivity index (χ2v) is 8.13. The zero-order valence-corrected chi connectivity index (χ0v) is 19.3. The van der Waals surface area contributed by atoms with Gasteiger partial charge in [-0.1, -0.05) is 12.1 Å². The van der Waals surface area contributed by atoms with E-state index in [4.69, 9.17) is 0 Å². The molecule has 0 bridgehead atoms. The Balaban J connectivity index is 3.45. The smallest absolute Gasteiger partial charge is 0.388 e. The Hall–Kier alpha value is -2.21. The number of alkyl halides is 17. The van der Waals surface area contributed by atoms with E-state index in [1.54, 1.807) is 18.7 Å². The van der Waals surface area contributed by atoms with Gasteiger partial charge in [-0.05, 0) is 31.5 Å². The minimum atomic E-state index is -8.68. The van der Waals surface area contributed by atoms with Crippen molar-refractivity contribution in [3.05, 3.63) is 29.8 Å². The Morgan fingerprint density at radius 1 is 0.564 bits per heavy atom. The Morgan fingerprint density at radius 3 is 1.23 bits per heavy atom. The topological polar surface area (TPSA) is 23.5 Å². The van der Waals surface area contributed by atoms with Crippen molar-refractivity contribution in [3.63, 3.8) is 0 Å². The van der Waals surface area contributed by atoms with E-state index in [0.29, 0.717) is 18.8 Å². The highest BCUT2D eigenvalue weighted by Gasteiger charge is 2.95. The molecule has 0 aliphatic heterocycles. The summed E-state index contributed by atoms with van der Waals surface area (Å²) in [5.41, 5.74) is -0.351. The SMILES string of the molecule is CCN(CC)c1ccc(C(O)CC(F)(F)C(F)(F)C(F)(F)C(F)(F)C(F)(F)C(F)(F)C(F)(F)C(F)(F)F)cc1. The number of anilines is 1. The van der Waals surface area contributed by atoms with E-state index in [1.165, 1.54) is 0 Å². The molecule has 0 aliphatic carbocycles. The van der Waals surface area contributed by atoms with Gasteiger partial charge in [-0.3, -0.25) is 0 Å². The number of rotatable bonds is 12. The van der Waals surface area contributed by atoms with Crippen molar-refractivity contribution in [1.29, 1.82) is 0 Å². The maximum atomic E-state index is 14.1. The zero-order chi connectivity index (χ0) is 31.3. The third-order valence-electron chi connectivity index (χ3n) is 5.64. The lowest BCUT2D eigenvalue weighted by Crippen LogP contribution is -2.74. The van der Waals surface area contributed by atoms with E-state index < -0.39 is 65.7 Å². The molecule has 0 spiro atoms. The number of nitrogens with zero attached hydrogens (tertiary/aromatic N) is 1. The van der Waals surface area contributed by atoms with Crippen molar-refractivity contribution in [1.82, 2.24) is 0 Å². The first-order valence-corrected chi connectivity index (χ1v) is 10.4. The van der Waals surface area contributed by atoms with Crippen LogP contribution < -0.4 is 4.90 Å². The summed E-state index contributed by atoms with van der Waals surface area (Å²) >= 11 is 0. The van der Waals surface area contributed by atoms with Crippen LogP contribution in [0.5, 0.6) is 0 Å². The van der Waals surface area contributed by atoms with Crippen molar-refractivity contribution < 1.29 is 79.7 Å². The molecule has 1 atom stereocenters. The lowest BCUT2D eigenvalue weighted by atomic mass is 9.87. The molecule has 2 nitrogen and oxygen atoms in total. The molecule has 1 N–H and O–H groups in total. The van der Waals surface area contributed by atoms with Crippen LogP contribution in [0.3, 0.4) is 0 Å². The number of hydrogen-bond donors (Lipinski definition) is 1. The highest BCUT2D eigenvalue weighted by Crippen LogP contribution is 2.64. The van der Waals surface area contributed by atoms with E-state index in [9.17, 15) is 79.7 Å². The largest absolute Gasteiger partial charge is 0.460 e. The molecule has 0 saturated heterocycles. The van der Waals surface area contributed by atoms with Gasteiger partial charge in [0.2, 0.25) is 0 Å². The molecular formula is C20H18F17NO. The number of aliphatic hydroxyl groups is 1. The monoisotopic (exact) mass is 611 g/mol. The second kappa shape index (κ2) is 10.3. The lowest BCUT2D eigenvalue weighted by molar-refractivity contribution is -0.462. The van der Waals surface area contributed by atoms with Crippen LogP contribution in [0.15, 0.2) is 24.3 Å². The fourth-order valence-electron chi connectivity index (χ4n) is 3.18. The van der Waals surface area contributed by atoms with Crippen LogP contribution in [0.2, 0.25) is 0 Å². The lowest BCUT2D eigenvalue weighted by Gasteiger charge is -2.43. The molecule has 0 heterocycles. The molecule has 1 aromatic carbocycles. The van der Waals surface area contributed by atoms with E-state index in [0.717, 1.165) is 24.3 Å². The maximum Gasteiger partial charge on any atom is 0.460 e. The zero-order valence-electron chi connectivity index (χ0n) is 19.3. The van der Waals surface area contributed by atoms with Crippen molar-refractivity contribution in [2.75, 3.05) is 18.0 Å². The van der Waals surface area contributed by atoms with Crippen LogP contribution in [0.4, 0.5) is 80.3 Å². The molecule has 228 valence electrons. The Morgan fingerprint density at radius 2 is 0.897 bits per heavy atom. The summed E-state index contributed by atoms with van der Waals surface area (Å²) in [5, 5.41) is 9.77. The molecule has 0 aromatic heterocycles. The van der Waals surface area contributed by atoms with Gasteiger partial charge in [-0.2, -0.15) is 74.6 Å². The molecule has 0 aliphatic rings. The van der Waals surface area contributed by atoms with E-state index in [1.807, 2.05) is 0 Å². The second-order valence-electron chi connectivity index (χ2n) is 8.13. The first-order valence-electron chi connectivity index (χ1n) is 10.4. The molecule has 0 radical (unpaired) electrons. The first-order chi connectivity index (χ1) is 17.1. The van der Waals surface area contributed by atoms with Crippen LogP contribution in [-0.2, 0) is 0 Å². The molecule has 0 saturated carbocycles. The Bertz CT molecular complexity index is 967. The summed E-state index contributed by atoms with van der Waals surface area (Å²) < 4.78 is 227. The van der Waals surface area contributed by atoms with Gasteiger partial charge in [-0.15, -0.1) is 0 Å². The van der Waals surface area contributed by atoms with Crippen molar-refractivity contribution in [2.24, 2.45) is 0 Å². The average Bonchev–Trinajstić information content (AvgIpc) is 2.78.